The summed E-state index contributed by atoms with van der Waals surface area (Å²) in [7, 11) is 1.06. The Labute approximate surface area is 166 Å². The number of hydrogen-bond donors (Lipinski definition) is 2. The summed E-state index contributed by atoms with van der Waals surface area (Å²) >= 11 is 0. The number of nitrogens with one attached hydrogen (secondary N) is 2. The van der Waals surface area contributed by atoms with E-state index in [4.69, 9.17) is 4.74 Å². The normalized spacial score (nSPS) is 16.1. The number of methoxy groups -OCH3 is 1. The molecule has 0 saturated carbocycles. The van der Waals surface area contributed by atoms with Gasteiger partial charge in [-0.15, -0.1) is 0 Å². The van der Waals surface area contributed by atoms with Gasteiger partial charge in [-0.05, 0) is 25.0 Å². The lowest BCUT2D eigenvalue weighted by Gasteiger charge is -2.32. The number of anilines is 1. The topological polar surface area (TPSA) is 108 Å². The molecule has 2 rings (SSSR count). The largest absolute Gasteiger partial charge is 0.383 e. The molecule has 0 unspecified atom stereocenters. The maximum Gasteiger partial charge on any atom is 0.281 e. The van der Waals surface area contributed by atoms with Crippen molar-refractivity contribution < 1.29 is 22.7 Å². The molecular formula is C18H28N4O5S. The van der Waals surface area contributed by atoms with Gasteiger partial charge in [0.15, 0.2) is 0 Å². The number of carbonyl (C=O) groups excluding carboxylic acids is 2. The van der Waals surface area contributed by atoms with E-state index in [-0.39, 0.29) is 30.8 Å². The van der Waals surface area contributed by atoms with Gasteiger partial charge in [0.2, 0.25) is 5.91 Å². The van der Waals surface area contributed by atoms with Gasteiger partial charge in [0.05, 0.1) is 17.9 Å². The molecule has 10 heteroatoms. The number of ether oxygens (including phenoxy) is 1. The minimum atomic E-state index is -3.47. The van der Waals surface area contributed by atoms with E-state index in [2.05, 4.69) is 10.6 Å². The molecule has 0 bridgehead atoms. The van der Waals surface area contributed by atoms with E-state index in [0.717, 1.165) is 0 Å². The highest BCUT2D eigenvalue weighted by molar-refractivity contribution is 7.86. The Morgan fingerprint density at radius 1 is 1.21 bits per heavy atom. The molecule has 2 N–H and O–H groups in total. The van der Waals surface area contributed by atoms with Crippen LogP contribution in [0.25, 0.3) is 0 Å². The van der Waals surface area contributed by atoms with Gasteiger partial charge in [-0.1, -0.05) is 12.1 Å². The van der Waals surface area contributed by atoms with Crippen molar-refractivity contribution in [3.63, 3.8) is 0 Å². The monoisotopic (exact) mass is 412 g/mol. The number of piperidine rings is 1. The van der Waals surface area contributed by atoms with E-state index in [1.807, 2.05) is 0 Å². The van der Waals surface area contributed by atoms with Crippen LogP contribution in [0.3, 0.4) is 0 Å². The van der Waals surface area contributed by atoms with Crippen molar-refractivity contribution in [1.82, 2.24) is 13.9 Å². The predicted molar refractivity (Wildman–Crippen MR) is 106 cm³/mol. The van der Waals surface area contributed by atoms with Crippen molar-refractivity contribution in [3.8, 4) is 0 Å². The molecule has 1 saturated heterocycles. The summed E-state index contributed by atoms with van der Waals surface area (Å²) in [5, 5.41) is 5.55. The lowest BCUT2D eigenvalue weighted by atomic mass is 9.97. The van der Waals surface area contributed by atoms with Gasteiger partial charge in [0.25, 0.3) is 16.1 Å². The highest BCUT2D eigenvalue weighted by Crippen LogP contribution is 2.23. The summed E-state index contributed by atoms with van der Waals surface area (Å²) < 4.78 is 31.8. The first-order valence-electron chi connectivity index (χ1n) is 9.12. The van der Waals surface area contributed by atoms with Gasteiger partial charge < -0.3 is 15.4 Å². The van der Waals surface area contributed by atoms with Crippen molar-refractivity contribution in [2.75, 3.05) is 52.8 Å². The van der Waals surface area contributed by atoms with Gasteiger partial charge in [-0.25, -0.2) is 0 Å². The summed E-state index contributed by atoms with van der Waals surface area (Å²) in [6.45, 7) is 1.35. The van der Waals surface area contributed by atoms with E-state index >= 15 is 0 Å². The Morgan fingerprint density at radius 3 is 2.46 bits per heavy atom. The fourth-order valence-corrected chi connectivity index (χ4v) is 4.10. The summed E-state index contributed by atoms with van der Waals surface area (Å²) in [6, 6.07) is 6.79. The maximum atomic E-state index is 12.7. The third-order valence-electron chi connectivity index (χ3n) is 4.63. The highest BCUT2D eigenvalue weighted by atomic mass is 32.2. The standard InChI is InChI=1S/C18H28N4O5S/c1-21(2)28(25,26)22-11-8-14(9-12-22)17(23)20-16-7-5-4-6-15(16)18(24)19-10-13-27-3/h4-7,14H,8-13H2,1-3H3,(H,19,24)(H,20,23). The second-order valence-electron chi connectivity index (χ2n) is 6.75. The second-order valence-corrected chi connectivity index (χ2v) is 8.89. The smallest absolute Gasteiger partial charge is 0.281 e. The van der Waals surface area contributed by atoms with Gasteiger partial charge in [-0.2, -0.15) is 17.0 Å². The average Bonchev–Trinajstić information content (AvgIpc) is 2.68. The Hall–Kier alpha value is -2.01. The van der Waals surface area contributed by atoms with E-state index in [1.165, 1.54) is 22.7 Å². The van der Waals surface area contributed by atoms with Crippen LogP contribution < -0.4 is 10.6 Å². The Morgan fingerprint density at radius 2 is 1.86 bits per heavy atom. The van der Waals surface area contributed by atoms with Crippen LogP contribution in [-0.4, -0.2) is 76.3 Å². The molecule has 1 aliphatic heterocycles. The molecule has 1 aromatic carbocycles. The van der Waals surface area contributed by atoms with E-state index in [0.29, 0.717) is 37.2 Å². The second kappa shape index (κ2) is 9.97. The van der Waals surface area contributed by atoms with Crippen LogP contribution >= 0.6 is 0 Å². The van der Waals surface area contributed by atoms with E-state index < -0.39 is 10.2 Å². The van der Waals surface area contributed by atoms with Gasteiger partial charge >= 0.3 is 0 Å². The lowest BCUT2D eigenvalue weighted by molar-refractivity contribution is -0.120. The first-order valence-corrected chi connectivity index (χ1v) is 10.5. The van der Waals surface area contributed by atoms with Gasteiger partial charge in [-0.3, -0.25) is 9.59 Å². The Balaban J connectivity index is 1.98. The van der Waals surface area contributed by atoms with Crippen LogP contribution in [0.5, 0.6) is 0 Å². The SMILES string of the molecule is COCCNC(=O)c1ccccc1NC(=O)C1CCN(S(=O)(=O)N(C)C)CC1. The van der Waals surface area contributed by atoms with Crippen molar-refractivity contribution in [1.29, 1.82) is 0 Å². The van der Waals surface area contributed by atoms with Crippen molar-refractivity contribution in [2.45, 2.75) is 12.8 Å². The molecule has 28 heavy (non-hydrogen) atoms. The first-order chi connectivity index (χ1) is 13.3. The van der Waals surface area contributed by atoms with Gasteiger partial charge in [0.1, 0.15) is 0 Å². The summed E-state index contributed by atoms with van der Waals surface area (Å²) in [5.74, 6) is -0.808. The minimum absolute atomic E-state index is 0.209. The number of amides is 2. The van der Waals surface area contributed by atoms with Crippen molar-refractivity contribution >= 4 is 27.7 Å². The molecule has 1 aliphatic rings. The zero-order chi connectivity index (χ0) is 20.7. The number of nitrogens with zero attached hydrogens (tertiary/aromatic N) is 2. The third-order valence-corrected chi connectivity index (χ3v) is 6.57. The molecule has 1 aromatic rings. The zero-order valence-electron chi connectivity index (χ0n) is 16.5. The van der Waals surface area contributed by atoms with Crippen LogP contribution in [-0.2, 0) is 19.7 Å². The van der Waals surface area contributed by atoms with Crippen LogP contribution in [0, 0.1) is 5.92 Å². The zero-order valence-corrected chi connectivity index (χ0v) is 17.3. The molecular weight excluding hydrogens is 384 g/mol. The maximum absolute atomic E-state index is 12.7. The Kier molecular flexibility index (Phi) is 7.93. The molecule has 1 fully saturated rings. The fourth-order valence-electron chi connectivity index (χ4n) is 2.97. The predicted octanol–water partition coefficient (Wildman–Crippen LogP) is 0.520. The molecule has 156 valence electrons. The number of rotatable bonds is 8. The van der Waals surface area contributed by atoms with Gasteiger partial charge in [0, 0.05) is 46.8 Å². The number of hydrogen-bond acceptors (Lipinski definition) is 5. The summed E-state index contributed by atoms with van der Waals surface area (Å²) in [6.07, 6.45) is 0.863. The number of carbonyl (C=O) groups is 2. The lowest BCUT2D eigenvalue weighted by Crippen LogP contribution is -2.46. The van der Waals surface area contributed by atoms with E-state index in [9.17, 15) is 18.0 Å². The molecule has 0 aromatic heterocycles. The van der Waals surface area contributed by atoms with Crippen LogP contribution in [0.2, 0.25) is 0 Å². The summed E-state index contributed by atoms with van der Waals surface area (Å²) in [5.41, 5.74) is 0.810. The molecule has 0 radical (unpaired) electrons. The first kappa shape index (κ1) is 22.3. The molecule has 0 spiro atoms. The van der Waals surface area contributed by atoms with Crippen molar-refractivity contribution in [2.24, 2.45) is 5.92 Å². The third kappa shape index (κ3) is 5.51. The van der Waals surface area contributed by atoms with Crippen LogP contribution in [0.4, 0.5) is 5.69 Å². The molecule has 1 heterocycles. The number of para-hydroxylation sites is 1. The van der Waals surface area contributed by atoms with Crippen LogP contribution in [0.1, 0.15) is 23.2 Å². The minimum Gasteiger partial charge on any atom is -0.383 e. The Bertz CT molecular complexity index is 789. The average molecular weight is 413 g/mol. The fraction of sp³-hybridized carbons (Fsp3) is 0.556. The summed E-state index contributed by atoms with van der Waals surface area (Å²) in [4.78, 5) is 25.0. The molecule has 9 nitrogen and oxygen atoms in total. The van der Waals surface area contributed by atoms with Crippen molar-refractivity contribution in [3.05, 3.63) is 29.8 Å². The highest BCUT2D eigenvalue weighted by Gasteiger charge is 2.32. The molecule has 2 amide bonds. The molecule has 0 atom stereocenters. The molecule has 0 aliphatic carbocycles. The quantitative estimate of drug-likeness (QED) is 0.605. The van der Waals surface area contributed by atoms with Crippen LogP contribution in [0.15, 0.2) is 24.3 Å². The van der Waals surface area contributed by atoms with E-state index in [1.54, 1.807) is 31.4 Å². The number of benzene rings is 1.